The molecular weight excluding hydrogens is 322 g/mol. The minimum Gasteiger partial charge on any atom is -0.325 e. The normalized spacial score (nSPS) is 23.7. The van der Waals surface area contributed by atoms with Gasteiger partial charge in [0.05, 0.1) is 11.4 Å². The van der Waals surface area contributed by atoms with Gasteiger partial charge in [-0.15, -0.1) is 0 Å². The van der Waals surface area contributed by atoms with Crippen molar-refractivity contribution in [2.24, 2.45) is 17.8 Å². The molecule has 1 fully saturated rings. The number of para-hydroxylation sites is 1. The Kier molecular flexibility index (Phi) is 3.45. The molecule has 3 atom stereocenters. The number of allylic oxidation sites excluding steroid dienone is 2. The molecule has 0 saturated heterocycles. The van der Waals surface area contributed by atoms with E-state index < -0.39 is 0 Å². The van der Waals surface area contributed by atoms with Gasteiger partial charge in [-0.3, -0.25) is 4.79 Å². The number of aromatic nitrogens is 2. The first-order chi connectivity index (χ1) is 12.7. The van der Waals surface area contributed by atoms with Crippen LogP contribution >= 0.6 is 0 Å². The number of fused-ring (bicyclic) bond motifs is 3. The van der Waals surface area contributed by atoms with Crippen molar-refractivity contribution in [3.8, 4) is 11.3 Å². The number of anilines is 1. The molecule has 0 aliphatic heterocycles. The van der Waals surface area contributed by atoms with E-state index in [4.69, 9.17) is 4.98 Å². The van der Waals surface area contributed by atoms with E-state index in [0.717, 1.165) is 41.0 Å². The van der Waals surface area contributed by atoms with Gasteiger partial charge in [0.2, 0.25) is 5.91 Å². The van der Waals surface area contributed by atoms with Crippen molar-refractivity contribution in [1.82, 2.24) is 9.38 Å². The molecule has 26 heavy (non-hydrogen) atoms. The monoisotopic (exact) mass is 343 g/mol. The molecule has 5 rings (SSSR count). The molecular formula is C22H21N3O. The number of carbonyl (C=O) groups excluding carboxylic acids is 1. The quantitative estimate of drug-likeness (QED) is 0.714. The zero-order chi connectivity index (χ0) is 17.7. The van der Waals surface area contributed by atoms with Crippen LogP contribution in [-0.4, -0.2) is 15.3 Å². The van der Waals surface area contributed by atoms with E-state index in [2.05, 4.69) is 30.5 Å². The lowest BCUT2D eigenvalue weighted by atomic mass is 9.92. The molecule has 1 N–H and O–H groups in total. The summed E-state index contributed by atoms with van der Waals surface area (Å²) in [5, 5.41) is 3.17. The summed E-state index contributed by atoms with van der Waals surface area (Å²) in [6.07, 6.45) is 10.6. The summed E-state index contributed by atoms with van der Waals surface area (Å²) in [7, 11) is 0. The van der Waals surface area contributed by atoms with Crippen LogP contribution in [0.15, 0.2) is 60.9 Å². The van der Waals surface area contributed by atoms with Crippen LogP contribution in [0.25, 0.3) is 16.9 Å². The maximum absolute atomic E-state index is 12.8. The van der Waals surface area contributed by atoms with Crippen LogP contribution in [0.2, 0.25) is 0 Å². The Balaban J connectivity index is 1.48. The highest BCUT2D eigenvalue weighted by Crippen LogP contribution is 2.44. The number of carbonyl (C=O) groups is 1. The first kappa shape index (κ1) is 15.4. The Bertz CT molecular complexity index is 1030. The molecule has 130 valence electrons. The molecule has 2 heterocycles. The predicted molar refractivity (Wildman–Crippen MR) is 103 cm³/mol. The Morgan fingerprint density at radius 3 is 2.81 bits per heavy atom. The second kappa shape index (κ2) is 5.84. The number of nitrogens with one attached hydrogen (secondary N) is 1. The van der Waals surface area contributed by atoms with Crippen LogP contribution in [0.4, 0.5) is 5.69 Å². The second-order valence-corrected chi connectivity index (χ2v) is 7.47. The van der Waals surface area contributed by atoms with E-state index in [1.807, 2.05) is 47.1 Å². The predicted octanol–water partition coefficient (Wildman–Crippen LogP) is 4.46. The van der Waals surface area contributed by atoms with Crippen LogP contribution in [0.5, 0.6) is 0 Å². The number of hydrogen-bond acceptors (Lipinski definition) is 2. The molecule has 4 heteroatoms. The smallest absolute Gasteiger partial charge is 0.228 e. The Morgan fingerprint density at radius 2 is 2.04 bits per heavy atom. The van der Waals surface area contributed by atoms with Gasteiger partial charge in [-0.25, -0.2) is 4.98 Å². The zero-order valence-electron chi connectivity index (χ0n) is 14.7. The molecule has 4 nitrogen and oxygen atoms in total. The molecule has 2 bridgehead atoms. The Hall–Kier alpha value is -2.88. The van der Waals surface area contributed by atoms with Crippen LogP contribution < -0.4 is 5.32 Å². The standard InChI is InChI=1S/C22H21N3O/c1-14-5-4-10-25-13-20(23-21(14)25)17-6-2-3-7-19(17)24-22(26)18-12-15-8-9-16(18)11-15/h2-10,13,15-16,18H,11-12H2,1H3,(H,24,26). The molecule has 2 aliphatic rings. The number of benzene rings is 1. The van der Waals surface area contributed by atoms with E-state index in [1.54, 1.807) is 0 Å². The van der Waals surface area contributed by atoms with Gasteiger partial charge in [-0.05, 0) is 49.3 Å². The Morgan fingerprint density at radius 1 is 1.15 bits per heavy atom. The number of rotatable bonds is 3. The summed E-state index contributed by atoms with van der Waals surface area (Å²) >= 11 is 0. The summed E-state index contributed by atoms with van der Waals surface area (Å²) in [6, 6.07) is 12.0. The number of amides is 1. The first-order valence-electron chi connectivity index (χ1n) is 9.22. The molecule has 3 aromatic rings. The van der Waals surface area contributed by atoms with Crippen LogP contribution in [-0.2, 0) is 4.79 Å². The summed E-state index contributed by atoms with van der Waals surface area (Å²) < 4.78 is 2.03. The number of imidazole rings is 1. The lowest BCUT2D eigenvalue weighted by molar-refractivity contribution is -0.120. The van der Waals surface area contributed by atoms with Gasteiger partial charge in [-0.2, -0.15) is 0 Å². The first-order valence-corrected chi connectivity index (χ1v) is 9.22. The average molecular weight is 343 g/mol. The van der Waals surface area contributed by atoms with Crippen LogP contribution in [0, 0.1) is 24.7 Å². The second-order valence-electron chi connectivity index (χ2n) is 7.47. The zero-order valence-corrected chi connectivity index (χ0v) is 14.7. The van der Waals surface area contributed by atoms with Gasteiger partial charge in [0.25, 0.3) is 0 Å². The molecule has 1 aromatic carbocycles. The van der Waals surface area contributed by atoms with Crippen LogP contribution in [0.3, 0.4) is 0 Å². The fraction of sp³-hybridized carbons (Fsp3) is 0.273. The van der Waals surface area contributed by atoms with Gasteiger partial charge >= 0.3 is 0 Å². The Labute approximate surface area is 152 Å². The molecule has 2 aliphatic carbocycles. The summed E-state index contributed by atoms with van der Waals surface area (Å²) in [6.45, 7) is 2.06. The summed E-state index contributed by atoms with van der Waals surface area (Å²) in [5.41, 5.74) is 4.76. The third-order valence-corrected chi connectivity index (χ3v) is 5.75. The number of aryl methyl sites for hydroxylation is 1. The number of nitrogens with zero attached hydrogens (tertiary/aromatic N) is 2. The fourth-order valence-corrected chi connectivity index (χ4v) is 4.41. The van der Waals surface area contributed by atoms with E-state index in [-0.39, 0.29) is 11.8 Å². The van der Waals surface area contributed by atoms with Crippen molar-refractivity contribution in [3.63, 3.8) is 0 Å². The summed E-state index contributed by atoms with van der Waals surface area (Å²) in [4.78, 5) is 17.6. The highest BCUT2D eigenvalue weighted by Gasteiger charge is 2.39. The maximum atomic E-state index is 12.8. The van der Waals surface area contributed by atoms with Crippen molar-refractivity contribution < 1.29 is 4.79 Å². The molecule has 1 saturated carbocycles. The number of hydrogen-bond donors (Lipinski definition) is 1. The highest BCUT2D eigenvalue weighted by atomic mass is 16.1. The maximum Gasteiger partial charge on any atom is 0.228 e. The van der Waals surface area contributed by atoms with Crippen molar-refractivity contribution >= 4 is 17.2 Å². The lowest BCUT2D eigenvalue weighted by Crippen LogP contribution is -2.26. The summed E-state index contributed by atoms with van der Waals surface area (Å²) in [5.74, 6) is 1.23. The fourth-order valence-electron chi connectivity index (χ4n) is 4.41. The van der Waals surface area contributed by atoms with Gasteiger partial charge < -0.3 is 9.72 Å². The van der Waals surface area contributed by atoms with E-state index in [0.29, 0.717) is 11.8 Å². The van der Waals surface area contributed by atoms with Crippen molar-refractivity contribution in [2.45, 2.75) is 19.8 Å². The number of pyridine rings is 1. The molecule has 0 spiro atoms. The van der Waals surface area contributed by atoms with Crippen molar-refractivity contribution in [3.05, 3.63) is 66.5 Å². The molecule has 1 amide bonds. The largest absolute Gasteiger partial charge is 0.325 e. The van der Waals surface area contributed by atoms with E-state index in [9.17, 15) is 4.79 Å². The SMILES string of the molecule is Cc1cccn2cc(-c3ccccc3NC(=O)C3CC4C=CC3C4)nc12. The van der Waals surface area contributed by atoms with Gasteiger partial charge in [0, 0.05) is 23.9 Å². The minimum atomic E-state index is 0.0985. The van der Waals surface area contributed by atoms with Gasteiger partial charge in [0.1, 0.15) is 5.65 Å². The third-order valence-electron chi connectivity index (χ3n) is 5.75. The molecule has 0 radical (unpaired) electrons. The lowest BCUT2D eigenvalue weighted by Gasteiger charge is -2.18. The average Bonchev–Trinajstić information content (AvgIpc) is 3.37. The molecule has 2 aromatic heterocycles. The van der Waals surface area contributed by atoms with Gasteiger partial charge in [-0.1, -0.05) is 36.4 Å². The molecule has 3 unspecified atom stereocenters. The van der Waals surface area contributed by atoms with Crippen molar-refractivity contribution in [1.29, 1.82) is 0 Å². The minimum absolute atomic E-state index is 0.0985. The third kappa shape index (κ3) is 2.45. The topological polar surface area (TPSA) is 46.4 Å². The van der Waals surface area contributed by atoms with E-state index >= 15 is 0 Å². The van der Waals surface area contributed by atoms with Gasteiger partial charge in [0.15, 0.2) is 0 Å². The van der Waals surface area contributed by atoms with Crippen LogP contribution in [0.1, 0.15) is 18.4 Å². The van der Waals surface area contributed by atoms with Crippen molar-refractivity contribution in [2.75, 3.05) is 5.32 Å². The highest BCUT2D eigenvalue weighted by molar-refractivity contribution is 5.97. The van der Waals surface area contributed by atoms with E-state index in [1.165, 1.54) is 0 Å².